The number of primary amides is 2. The van der Waals surface area contributed by atoms with E-state index in [1.54, 1.807) is 24.3 Å². The minimum Gasteiger partial charge on any atom is -0.383 e. The van der Waals surface area contributed by atoms with Gasteiger partial charge in [-0.3, -0.25) is 14.4 Å². The third-order valence-electron chi connectivity index (χ3n) is 6.12. The fraction of sp³-hybridized carbons (Fsp3) is 0.200. The van der Waals surface area contributed by atoms with Gasteiger partial charge in [0, 0.05) is 25.0 Å². The average Bonchev–Trinajstić information content (AvgIpc) is 2.93. The Hall–Kier alpha value is -4.94. The van der Waals surface area contributed by atoms with E-state index in [9.17, 15) is 24.8 Å². The molecule has 3 atom stereocenters. The summed E-state index contributed by atoms with van der Waals surface area (Å²) in [5.41, 5.74) is 14.9. The molecule has 0 heterocycles. The topological polar surface area (TPSA) is 171 Å². The van der Waals surface area contributed by atoms with Crippen LogP contribution in [0.15, 0.2) is 91.1 Å². The van der Waals surface area contributed by atoms with Crippen LogP contribution in [0.3, 0.4) is 0 Å². The number of nitrogens with zero attached hydrogens (tertiary/aromatic N) is 1. The molecular formula is C30H31N5O4. The molecule has 9 heteroatoms. The molecule has 0 spiro atoms. The standard InChI is InChI=1S/C30H31N5O4/c1-19(14-27(36)29(33)38)34-26(17-21-6-5-7-22(15-21)18-31)30(39)35-25(28(32)37)16-20-10-12-24(13-11-20)23-8-3-2-4-9-23/h2-13,15,25-27,34,36H,1,14,16-17H2,(H2,32,37)(H2,33,38)(H,35,39)/t25-,26+,27+/m0/s1. The number of nitriles is 1. The number of nitrogens with one attached hydrogen (secondary N) is 2. The zero-order chi connectivity index (χ0) is 28.4. The van der Waals surface area contributed by atoms with Gasteiger partial charge in [0.05, 0.1) is 11.6 Å². The Morgan fingerprint density at radius 3 is 2.08 bits per heavy atom. The van der Waals surface area contributed by atoms with Crippen molar-refractivity contribution in [2.75, 3.05) is 0 Å². The van der Waals surface area contributed by atoms with Crippen molar-refractivity contribution in [2.45, 2.75) is 37.5 Å². The predicted molar refractivity (Wildman–Crippen MR) is 147 cm³/mol. The zero-order valence-electron chi connectivity index (χ0n) is 21.3. The van der Waals surface area contributed by atoms with Gasteiger partial charge in [-0.25, -0.2) is 0 Å². The minimum atomic E-state index is -1.48. The van der Waals surface area contributed by atoms with Gasteiger partial charge in [-0.2, -0.15) is 5.26 Å². The van der Waals surface area contributed by atoms with Crippen molar-refractivity contribution in [1.82, 2.24) is 10.6 Å². The molecule has 3 rings (SSSR count). The smallest absolute Gasteiger partial charge is 0.246 e. The van der Waals surface area contributed by atoms with Gasteiger partial charge in [0.25, 0.3) is 0 Å². The Morgan fingerprint density at radius 1 is 0.821 bits per heavy atom. The number of aliphatic hydroxyl groups is 1. The molecule has 0 saturated carbocycles. The van der Waals surface area contributed by atoms with Crippen LogP contribution in [0.4, 0.5) is 0 Å². The molecule has 200 valence electrons. The quantitative estimate of drug-likeness (QED) is 0.227. The van der Waals surface area contributed by atoms with Gasteiger partial charge in [-0.15, -0.1) is 0 Å². The van der Waals surface area contributed by atoms with Crippen LogP contribution in [0.1, 0.15) is 23.1 Å². The van der Waals surface area contributed by atoms with Gasteiger partial charge < -0.3 is 27.2 Å². The Labute approximate surface area is 227 Å². The lowest BCUT2D eigenvalue weighted by Gasteiger charge is -2.24. The van der Waals surface area contributed by atoms with Crippen LogP contribution in [0.2, 0.25) is 0 Å². The highest BCUT2D eigenvalue weighted by atomic mass is 16.3. The third-order valence-corrected chi connectivity index (χ3v) is 6.12. The van der Waals surface area contributed by atoms with Gasteiger partial charge in [-0.05, 0) is 34.4 Å². The molecule has 3 amide bonds. The van der Waals surface area contributed by atoms with Gasteiger partial charge in [0.15, 0.2) is 0 Å². The molecule has 39 heavy (non-hydrogen) atoms. The number of hydrogen-bond donors (Lipinski definition) is 5. The summed E-state index contributed by atoms with van der Waals surface area (Å²) in [6, 6.07) is 24.3. The van der Waals surface area contributed by atoms with E-state index in [2.05, 4.69) is 23.3 Å². The molecule has 0 radical (unpaired) electrons. The average molecular weight is 526 g/mol. The summed E-state index contributed by atoms with van der Waals surface area (Å²) in [4.78, 5) is 36.9. The molecule has 0 aliphatic carbocycles. The summed E-state index contributed by atoms with van der Waals surface area (Å²) in [5, 5.41) is 24.6. The summed E-state index contributed by atoms with van der Waals surface area (Å²) in [5.74, 6) is -2.17. The van der Waals surface area contributed by atoms with Crippen molar-refractivity contribution in [3.05, 3.63) is 108 Å². The molecule has 0 aliphatic heterocycles. The molecule has 0 fully saturated rings. The van der Waals surface area contributed by atoms with E-state index < -0.39 is 35.9 Å². The van der Waals surface area contributed by atoms with Crippen LogP contribution < -0.4 is 22.1 Å². The molecule has 0 saturated heterocycles. The third kappa shape index (κ3) is 8.55. The van der Waals surface area contributed by atoms with Gasteiger partial charge in [0.2, 0.25) is 17.7 Å². The monoisotopic (exact) mass is 525 g/mol. The minimum absolute atomic E-state index is 0.129. The highest BCUT2D eigenvalue weighted by Crippen LogP contribution is 2.20. The molecule has 7 N–H and O–H groups in total. The second-order valence-corrected chi connectivity index (χ2v) is 9.17. The molecule has 0 bridgehead atoms. The van der Waals surface area contributed by atoms with E-state index in [0.717, 1.165) is 16.7 Å². The number of hydrogen-bond acceptors (Lipinski definition) is 6. The fourth-order valence-corrected chi connectivity index (χ4v) is 4.05. The molecule has 0 aliphatic rings. The van der Waals surface area contributed by atoms with E-state index in [1.165, 1.54) is 0 Å². The largest absolute Gasteiger partial charge is 0.383 e. The number of carbonyl (C=O) groups excluding carboxylic acids is 3. The van der Waals surface area contributed by atoms with Crippen molar-refractivity contribution in [2.24, 2.45) is 11.5 Å². The van der Waals surface area contributed by atoms with Crippen LogP contribution in [-0.4, -0.2) is 41.0 Å². The van der Waals surface area contributed by atoms with E-state index in [0.29, 0.717) is 11.1 Å². The Balaban J connectivity index is 1.76. The number of nitrogens with two attached hydrogens (primary N) is 2. The van der Waals surface area contributed by atoms with E-state index >= 15 is 0 Å². The molecule has 0 unspecified atom stereocenters. The van der Waals surface area contributed by atoms with Crippen LogP contribution >= 0.6 is 0 Å². The highest BCUT2D eigenvalue weighted by molar-refractivity contribution is 5.89. The first-order valence-corrected chi connectivity index (χ1v) is 12.3. The Bertz CT molecular complexity index is 1370. The zero-order valence-corrected chi connectivity index (χ0v) is 21.3. The van der Waals surface area contributed by atoms with Gasteiger partial charge in [-0.1, -0.05) is 73.3 Å². The van der Waals surface area contributed by atoms with E-state index in [4.69, 9.17) is 11.5 Å². The maximum atomic E-state index is 13.4. The normalized spacial score (nSPS) is 12.8. The van der Waals surface area contributed by atoms with Crippen molar-refractivity contribution in [1.29, 1.82) is 5.26 Å². The first-order chi connectivity index (χ1) is 18.7. The van der Waals surface area contributed by atoms with E-state index in [-0.39, 0.29) is 25.0 Å². The lowest BCUT2D eigenvalue weighted by Crippen LogP contribution is -2.53. The van der Waals surface area contributed by atoms with Crippen LogP contribution in [0, 0.1) is 11.3 Å². The van der Waals surface area contributed by atoms with Crippen molar-refractivity contribution in [3.63, 3.8) is 0 Å². The SMILES string of the molecule is C=C(C[C@@H](O)C(N)=O)N[C@H](Cc1cccc(C#N)c1)C(=O)N[C@@H](Cc1ccc(-c2ccccc2)cc1)C(N)=O. The summed E-state index contributed by atoms with van der Waals surface area (Å²) >= 11 is 0. The number of amides is 3. The second kappa shape index (κ2) is 13.6. The number of rotatable bonds is 13. The molecular weight excluding hydrogens is 494 g/mol. The second-order valence-electron chi connectivity index (χ2n) is 9.17. The number of aliphatic hydroxyl groups excluding tert-OH is 1. The summed E-state index contributed by atoms with van der Waals surface area (Å²) in [7, 11) is 0. The van der Waals surface area contributed by atoms with Gasteiger partial charge >= 0.3 is 0 Å². The maximum Gasteiger partial charge on any atom is 0.246 e. The Morgan fingerprint density at radius 2 is 1.46 bits per heavy atom. The lowest BCUT2D eigenvalue weighted by atomic mass is 9.99. The summed E-state index contributed by atoms with van der Waals surface area (Å²) in [6.07, 6.45) is -1.38. The van der Waals surface area contributed by atoms with Crippen LogP contribution in [0.5, 0.6) is 0 Å². The van der Waals surface area contributed by atoms with E-state index in [1.807, 2.05) is 54.6 Å². The van der Waals surface area contributed by atoms with Gasteiger partial charge in [0.1, 0.15) is 18.2 Å². The lowest BCUT2D eigenvalue weighted by molar-refractivity contribution is -0.128. The molecule has 3 aromatic carbocycles. The fourth-order valence-electron chi connectivity index (χ4n) is 4.05. The summed E-state index contributed by atoms with van der Waals surface area (Å²) in [6.45, 7) is 3.79. The van der Waals surface area contributed by atoms with Crippen LogP contribution in [-0.2, 0) is 27.2 Å². The highest BCUT2D eigenvalue weighted by Gasteiger charge is 2.26. The Kier molecular flexibility index (Phi) is 9.95. The van der Waals surface area contributed by atoms with Crippen molar-refractivity contribution < 1.29 is 19.5 Å². The molecule has 9 nitrogen and oxygen atoms in total. The van der Waals surface area contributed by atoms with Crippen molar-refractivity contribution >= 4 is 17.7 Å². The molecule has 0 aromatic heterocycles. The maximum absolute atomic E-state index is 13.4. The summed E-state index contributed by atoms with van der Waals surface area (Å²) < 4.78 is 0. The predicted octanol–water partition coefficient (Wildman–Crippen LogP) is 1.69. The number of carbonyl (C=O) groups is 3. The van der Waals surface area contributed by atoms with Crippen LogP contribution in [0.25, 0.3) is 11.1 Å². The first kappa shape index (κ1) is 28.6. The van der Waals surface area contributed by atoms with Crippen molar-refractivity contribution in [3.8, 4) is 17.2 Å². The molecule has 3 aromatic rings. The number of benzene rings is 3. The first-order valence-electron chi connectivity index (χ1n) is 12.3.